The Labute approximate surface area is 158 Å². The number of piperazine rings is 1. The Morgan fingerprint density at radius 1 is 1.19 bits per heavy atom. The molecule has 0 saturated carbocycles. The lowest BCUT2D eigenvalue weighted by Gasteiger charge is -2.26. The van der Waals surface area contributed by atoms with E-state index in [2.05, 4.69) is 10.6 Å². The van der Waals surface area contributed by atoms with Gasteiger partial charge in [-0.1, -0.05) is 35.9 Å². The lowest BCUT2D eigenvalue weighted by Crippen LogP contribution is -2.49. The van der Waals surface area contributed by atoms with Gasteiger partial charge in [-0.25, -0.2) is 8.42 Å². The summed E-state index contributed by atoms with van der Waals surface area (Å²) >= 11 is 0. The van der Waals surface area contributed by atoms with Crippen molar-refractivity contribution in [2.24, 2.45) is 0 Å². The molecule has 1 aliphatic rings. The molecule has 0 radical (unpaired) electrons. The Morgan fingerprint density at radius 3 is 2.70 bits per heavy atom. The van der Waals surface area contributed by atoms with Gasteiger partial charge in [-0.05, 0) is 30.7 Å². The third kappa shape index (κ3) is 4.53. The molecule has 8 heteroatoms. The molecule has 1 aliphatic heterocycles. The standard InChI is InChI=1S/C19H21N3O4S/c1-14-4-2-5-15(10-14)12-21-19(24)16-6-3-7-17(11-16)27(25,26)22-9-8-20-18(23)13-22/h2-7,10-11H,8-9,12-13H2,1H3,(H,20,23)(H,21,24). The summed E-state index contributed by atoms with van der Waals surface area (Å²) in [6.07, 6.45) is 0. The van der Waals surface area contributed by atoms with Gasteiger partial charge in [-0.2, -0.15) is 4.31 Å². The minimum Gasteiger partial charge on any atom is -0.354 e. The molecule has 7 nitrogen and oxygen atoms in total. The third-order valence-electron chi connectivity index (χ3n) is 4.27. The van der Waals surface area contributed by atoms with Gasteiger partial charge in [0.25, 0.3) is 5.91 Å². The molecule has 1 saturated heterocycles. The van der Waals surface area contributed by atoms with Crippen molar-refractivity contribution in [3.05, 3.63) is 65.2 Å². The zero-order chi connectivity index (χ0) is 19.4. The molecule has 1 heterocycles. The van der Waals surface area contributed by atoms with E-state index in [0.29, 0.717) is 6.54 Å². The second-order valence-corrected chi connectivity index (χ2v) is 8.33. The molecule has 0 spiro atoms. The monoisotopic (exact) mass is 387 g/mol. The van der Waals surface area contributed by atoms with Crippen LogP contribution in [0.5, 0.6) is 0 Å². The summed E-state index contributed by atoms with van der Waals surface area (Å²) in [5, 5.41) is 5.39. The van der Waals surface area contributed by atoms with Crippen molar-refractivity contribution in [1.29, 1.82) is 0 Å². The maximum atomic E-state index is 12.7. The van der Waals surface area contributed by atoms with E-state index in [9.17, 15) is 18.0 Å². The molecule has 2 amide bonds. The summed E-state index contributed by atoms with van der Waals surface area (Å²) in [6, 6.07) is 13.6. The van der Waals surface area contributed by atoms with Gasteiger partial charge >= 0.3 is 0 Å². The van der Waals surface area contributed by atoms with Gasteiger partial charge in [-0.15, -0.1) is 0 Å². The summed E-state index contributed by atoms with van der Waals surface area (Å²) in [5.74, 6) is -0.693. The predicted octanol–water partition coefficient (Wildman–Crippen LogP) is 1.05. The SMILES string of the molecule is Cc1cccc(CNC(=O)c2cccc(S(=O)(=O)N3CCNC(=O)C3)c2)c1. The van der Waals surface area contributed by atoms with Crippen LogP contribution in [0.2, 0.25) is 0 Å². The molecule has 2 aromatic rings. The largest absolute Gasteiger partial charge is 0.354 e. The highest BCUT2D eigenvalue weighted by molar-refractivity contribution is 7.89. The molecule has 1 fully saturated rings. The second kappa shape index (κ2) is 7.89. The van der Waals surface area contributed by atoms with E-state index < -0.39 is 10.0 Å². The first-order valence-corrected chi connectivity index (χ1v) is 10.0. The number of nitrogens with zero attached hydrogens (tertiary/aromatic N) is 1. The fourth-order valence-electron chi connectivity index (χ4n) is 2.87. The van der Waals surface area contributed by atoms with Crippen molar-refractivity contribution in [1.82, 2.24) is 14.9 Å². The van der Waals surface area contributed by atoms with E-state index >= 15 is 0 Å². The second-order valence-electron chi connectivity index (χ2n) is 6.39. The quantitative estimate of drug-likeness (QED) is 0.802. The van der Waals surface area contributed by atoms with Crippen molar-refractivity contribution in [2.75, 3.05) is 19.6 Å². The summed E-state index contributed by atoms with van der Waals surface area (Å²) in [7, 11) is -3.83. The number of hydrogen-bond donors (Lipinski definition) is 2. The van der Waals surface area contributed by atoms with E-state index in [0.717, 1.165) is 15.4 Å². The number of nitrogens with one attached hydrogen (secondary N) is 2. The highest BCUT2D eigenvalue weighted by Crippen LogP contribution is 2.18. The van der Waals surface area contributed by atoms with E-state index in [1.807, 2.05) is 31.2 Å². The molecule has 27 heavy (non-hydrogen) atoms. The van der Waals surface area contributed by atoms with Crippen LogP contribution in [-0.4, -0.2) is 44.2 Å². The fourth-order valence-corrected chi connectivity index (χ4v) is 4.32. The fraction of sp³-hybridized carbons (Fsp3) is 0.263. The predicted molar refractivity (Wildman–Crippen MR) is 101 cm³/mol. The Balaban J connectivity index is 1.74. The Hall–Kier alpha value is -2.71. The number of amides is 2. The number of carbonyl (C=O) groups excluding carboxylic acids is 2. The topological polar surface area (TPSA) is 95.6 Å². The summed E-state index contributed by atoms with van der Waals surface area (Å²) in [5.41, 5.74) is 2.32. The van der Waals surface area contributed by atoms with Crippen LogP contribution in [0.4, 0.5) is 0 Å². The van der Waals surface area contributed by atoms with Gasteiger partial charge in [0.15, 0.2) is 0 Å². The smallest absolute Gasteiger partial charge is 0.251 e. The van der Waals surface area contributed by atoms with Crippen LogP contribution < -0.4 is 10.6 Å². The third-order valence-corrected chi connectivity index (χ3v) is 6.11. The van der Waals surface area contributed by atoms with Gasteiger partial charge in [0.2, 0.25) is 15.9 Å². The van der Waals surface area contributed by atoms with Gasteiger partial charge in [0, 0.05) is 25.2 Å². The Morgan fingerprint density at radius 2 is 1.96 bits per heavy atom. The molecular weight excluding hydrogens is 366 g/mol. The summed E-state index contributed by atoms with van der Waals surface area (Å²) < 4.78 is 26.6. The molecule has 0 bridgehead atoms. The molecule has 2 aromatic carbocycles. The number of rotatable bonds is 5. The number of hydrogen-bond acceptors (Lipinski definition) is 4. The average molecular weight is 387 g/mol. The highest BCUT2D eigenvalue weighted by Gasteiger charge is 2.29. The van der Waals surface area contributed by atoms with E-state index in [-0.39, 0.29) is 41.9 Å². The highest BCUT2D eigenvalue weighted by atomic mass is 32.2. The van der Waals surface area contributed by atoms with Crippen LogP contribution in [0.1, 0.15) is 21.5 Å². The van der Waals surface area contributed by atoms with Crippen LogP contribution in [0.25, 0.3) is 0 Å². The molecule has 0 aromatic heterocycles. The van der Waals surface area contributed by atoms with E-state index in [1.165, 1.54) is 18.2 Å². The zero-order valence-electron chi connectivity index (χ0n) is 14.9. The maximum Gasteiger partial charge on any atom is 0.251 e. The maximum absolute atomic E-state index is 12.7. The van der Waals surface area contributed by atoms with Crippen molar-refractivity contribution < 1.29 is 18.0 Å². The Kier molecular flexibility index (Phi) is 5.57. The van der Waals surface area contributed by atoms with Crippen molar-refractivity contribution in [2.45, 2.75) is 18.4 Å². The molecule has 0 unspecified atom stereocenters. The molecular formula is C19H21N3O4S. The molecule has 2 N–H and O–H groups in total. The van der Waals surface area contributed by atoms with Gasteiger partial charge in [0.1, 0.15) is 0 Å². The summed E-state index contributed by atoms with van der Waals surface area (Å²) in [6.45, 7) is 2.59. The van der Waals surface area contributed by atoms with Crippen LogP contribution >= 0.6 is 0 Å². The minimum absolute atomic E-state index is 0.000376. The van der Waals surface area contributed by atoms with Crippen LogP contribution in [0.3, 0.4) is 0 Å². The van der Waals surface area contributed by atoms with E-state index in [1.54, 1.807) is 6.07 Å². The average Bonchev–Trinajstić information content (AvgIpc) is 2.66. The van der Waals surface area contributed by atoms with Crippen LogP contribution in [0.15, 0.2) is 53.4 Å². The molecule has 142 valence electrons. The number of carbonyl (C=O) groups is 2. The first-order chi connectivity index (χ1) is 12.9. The summed E-state index contributed by atoms with van der Waals surface area (Å²) in [4.78, 5) is 23.9. The number of aryl methyl sites for hydroxylation is 1. The van der Waals surface area contributed by atoms with Crippen LogP contribution in [-0.2, 0) is 21.4 Å². The lowest BCUT2D eigenvalue weighted by atomic mass is 10.1. The molecule has 0 aliphatic carbocycles. The molecule has 3 rings (SSSR count). The van der Waals surface area contributed by atoms with Crippen LogP contribution in [0, 0.1) is 6.92 Å². The number of benzene rings is 2. The normalized spacial score (nSPS) is 15.2. The van der Waals surface area contributed by atoms with E-state index in [4.69, 9.17) is 0 Å². The number of sulfonamides is 1. The molecule has 0 atom stereocenters. The first kappa shape index (κ1) is 19.1. The lowest BCUT2D eigenvalue weighted by molar-refractivity contribution is -0.122. The van der Waals surface area contributed by atoms with Crippen molar-refractivity contribution in [3.8, 4) is 0 Å². The first-order valence-electron chi connectivity index (χ1n) is 8.57. The zero-order valence-corrected chi connectivity index (χ0v) is 15.8. The minimum atomic E-state index is -3.83. The van der Waals surface area contributed by atoms with Gasteiger partial charge < -0.3 is 10.6 Å². The van der Waals surface area contributed by atoms with Gasteiger partial charge in [0.05, 0.1) is 11.4 Å². The van der Waals surface area contributed by atoms with Gasteiger partial charge in [-0.3, -0.25) is 9.59 Å². The van der Waals surface area contributed by atoms with Crippen molar-refractivity contribution in [3.63, 3.8) is 0 Å². The Bertz CT molecular complexity index is 972. The van der Waals surface area contributed by atoms with Crippen molar-refractivity contribution >= 4 is 21.8 Å².